The van der Waals surface area contributed by atoms with Gasteiger partial charge < -0.3 is 23.4 Å². The van der Waals surface area contributed by atoms with Crippen LogP contribution in [0.15, 0.2) is 50.0 Å². The van der Waals surface area contributed by atoms with Crippen molar-refractivity contribution in [1.82, 2.24) is 15.5 Å². The number of nitrogens with one attached hydrogen (secondary N) is 1. The van der Waals surface area contributed by atoms with E-state index in [0.717, 1.165) is 16.7 Å². The third-order valence-corrected chi connectivity index (χ3v) is 4.75. The summed E-state index contributed by atoms with van der Waals surface area (Å²) >= 11 is 0. The van der Waals surface area contributed by atoms with E-state index >= 15 is 0 Å². The summed E-state index contributed by atoms with van der Waals surface area (Å²) in [6.45, 7) is 5.83. The van der Waals surface area contributed by atoms with Crippen LogP contribution in [0.2, 0.25) is 0 Å². The molecule has 0 fully saturated rings. The van der Waals surface area contributed by atoms with Crippen molar-refractivity contribution in [3.05, 3.63) is 53.8 Å². The zero-order valence-corrected chi connectivity index (χ0v) is 16.6. The summed E-state index contributed by atoms with van der Waals surface area (Å²) in [6.07, 6.45) is 1.45. The second-order valence-corrected chi connectivity index (χ2v) is 7.05. The third kappa shape index (κ3) is 3.49. The Bertz CT molecular complexity index is 1140. The highest BCUT2D eigenvalue weighted by atomic mass is 16.5. The molecular formula is C21H21N3O5. The quantitative estimate of drug-likeness (QED) is 0.512. The number of nitrogens with zero attached hydrogens (tertiary/aromatic N) is 2. The molecule has 3 aromatic heterocycles. The molecule has 0 aliphatic heterocycles. The first-order valence-electron chi connectivity index (χ1n) is 9.23. The SMILES string of the molecule is COc1ccc2oc(-c3noc(C(NC(=O)c4ccco4)C(C)C)n3)c(C)c2c1. The van der Waals surface area contributed by atoms with Gasteiger partial charge >= 0.3 is 0 Å². The molecule has 0 aliphatic carbocycles. The van der Waals surface area contributed by atoms with Crippen LogP contribution < -0.4 is 10.1 Å². The Morgan fingerprint density at radius 2 is 2.07 bits per heavy atom. The first kappa shape index (κ1) is 18.8. The van der Waals surface area contributed by atoms with Gasteiger partial charge in [-0.3, -0.25) is 4.79 Å². The van der Waals surface area contributed by atoms with Crippen molar-refractivity contribution in [2.45, 2.75) is 26.8 Å². The number of aromatic nitrogens is 2. The standard InChI is InChI=1S/C21H21N3O5/c1-11(2)17(22-20(25)16-6-5-9-27-16)21-23-19(24-29-21)18-12(3)14-10-13(26-4)7-8-15(14)28-18/h5-11,17H,1-4H3,(H,22,25). The van der Waals surface area contributed by atoms with Crippen molar-refractivity contribution in [2.24, 2.45) is 5.92 Å². The predicted octanol–water partition coefficient (Wildman–Crippen LogP) is 4.52. The molecule has 0 aliphatic rings. The van der Waals surface area contributed by atoms with Gasteiger partial charge in [-0.05, 0) is 43.2 Å². The normalized spacial score (nSPS) is 12.4. The summed E-state index contributed by atoms with van der Waals surface area (Å²) in [4.78, 5) is 16.9. The molecule has 1 N–H and O–H groups in total. The number of rotatable bonds is 6. The van der Waals surface area contributed by atoms with Crippen LogP contribution in [-0.2, 0) is 0 Å². The lowest BCUT2D eigenvalue weighted by Gasteiger charge is -2.17. The minimum Gasteiger partial charge on any atom is -0.497 e. The molecule has 150 valence electrons. The Labute approximate surface area is 166 Å². The van der Waals surface area contributed by atoms with E-state index in [4.69, 9.17) is 18.1 Å². The van der Waals surface area contributed by atoms with Crippen molar-refractivity contribution in [1.29, 1.82) is 0 Å². The van der Waals surface area contributed by atoms with Crippen LogP contribution in [0.3, 0.4) is 0 Å². The summed E-state index contributed by atoms with van der Waals surface area (Å²) in [5.74, 6) is 1.77. The lowest BCUT2D eigenvalue weighted by Crippen LogP contribution is -2.31. The molecule has 0 radical (unpaired) electrons. The molecule has 8 nitrogen and oxygen atoms in total. The van der Waals surface area contributed by atoms with E-state index in [1.165, 1.54) is 6.26 Å². The number of carbonyl (C=O) groups excluding carboxylic acids is 1. The molecule has 1 aromatic carbocycles. The number of furan rings is 2. The lowest BCUT2D eigenvalue weighted by atomic mass is 10.0. The van der Waals surface area contributed by atoms with Gasteiger partial charge in [0.15, 0.2) is 11.5 Å². The molecule has 1 amide bonds. The average Bonchev–Trinajstić information content (AvgIpc) is 3.46. The Morgan fingerprint density at radius 3 is 2.76 bits per heavy atom. The fourth-order valence-electron chi connectivity index (χ4n) is 3.13. The van der Waals surface area contributed by atoms with Gasteiger partial charge in [0.2, 0.25) is 11.7 Å². The van der Waals surface area contributed by atoms with Crippen molar-refractivity contribution in [3.8, 4) is 17.3 Å². The molecule has 29 heavy (non-hydrogen) atoms. The number of methoxy groups -OCH3 is 1. The summed E-state index contributed by atoms with van der Waals surface area (Å²) in [5, 5.41) is 7.87. The minimum atomic E-state index is -0.473. The lowest BCUT2D eigenvalue weighted by molar-refractivity contribution is 0.0885. The number of carbonyl (C=O) groups is 1. The Morgan fingerprint density at radius 1 is 1.24 bits per heavy atom. The molecule has 8 heteroatoms. The molecule has 0 bridgehead atoms. The molecule has 4 rings (SSSR count). The zero-order valence-electron chi connectivity index (χ0n) is 16.6. The van der Waals surface area contributed by atoms with Crippen LogP contribution in [0.4, 0.5) is 0 Å². The second-order valence-electron chi connectivity index (χ2n) is 7.05. The zero-order chi connectivity index (χ0) is 20.5. The number of fused-ring (bicyclic) bond motifs is 1. The van der Waals surface area contributed by atoms with E-state index in [9.17, 15) is 4.79 Å². The van der Waals surface area contributed by atoms with Gasteiger partial charge in [0.25, 0.3) is 5.91 Å². The van der Waals surface area contributed by atoms with Gasteiger partial charge in [-0.2, -0.15) is 4.98 Å². The van der Waals surface area contributed by atoms with E-state index in [-0.39, 0.29) is 17.6 Å². The van der Waals surface area contributed by atoms with Crippen LogP contribution in [0.25, 0.3) is 22.6 Å². The molecule has 4 aromatic rings. The van der Waals surface area contributed by atoms with Crippen molar-refractivity contribution >= 4 is 16.9 Å². The number of hydrogen-bond donors (Lipinski definition) is 1. The highest BCUT2D eigenvalue weighted by Crippen LogP contribution is 2.34. The predicted molar refractivity (Wildman–Crippen MR) is 105 cm³/mol. The number of benzene rings is 1. The summed E-state index contributed by atoms with van der Waals surface area (Å²) < 4.78 is 21.8. The smallest absolute Gasteiger partial charge is 0.287 e. The van der Waals surface area contributed by atoms with Gasteiger partial charge in [0.1, 0.15) is 17.4 Å². The second kappa shape index (κ2) is 7.46. The maximum atomic E-state index is 12.4. The fraction of sp³-hybridized carbons (Fsp3) is 0.286. The summed E-state index contributed by atoms with van der Waals surface area (Å²) in [7, 11) is 1.62. The minimum absolute atomic E-state index is 0.0169. The molecule has 0 spiro atoms. The highest BCUT2D eigenvalue weighted by Gasteiger charge is 2.27. The van der Waals surface area contributed by atoms with Crippen LogP contribution in [0.5, 0.6) is 5.75 Å². The molecule has 0 saturated heterocycles. The maximum absolute atomic E-state index is 12.4. The van der Waals surface area contributed by atoms with Crippen molar-refractivity contribution in [2.75, 3.05) is 7.11 Å². The number of aryl methyl sites for hydroxylation is 1. The van der Waals surface area contributed by atoms with Crippen LogP contribution in [0.1, 0.15) is 41.9 Å². The molecule has 3 heterocycles. The van der Waals surface area contributed by atoms with Gasteiger partial charge in [-0.15, -0.1) is 0 Å². The van der Waals surface area contributed by atoms with Gasteiger partial charge in [0.05, 0.1) is 13.4 Å². The van der Waals surface area contributed by atoms with E-state index in [0.29, 0.717) is 23.1 Å². The summed E-state index contributed by atoms with van der Waals surface area (Å²) in [6, 6.07) is 8.35. The van der Waals surface area contributed by atoms with Gasteiger partial charge in [0, 0.05) is 10.9 Å². The van der Waals surface area contributed by atoms with Gasteiger partial charge in [-0.25, -0.2) is 0 Å². The van der Waals surface area contributed by atoms with Crippen LogP contribution in [0, 0.1) is 12.8 Å². The Hall–Kier alpha value is -3.55. The fourth-order valence-corrected chi connectivity index (χ4v) is 3.13. The Balaban J connectivity index is 1.65. The molecule has 1 atom stereocenters. The number of amides is 1. The van der Waals surface area contributed by atoms with Crippen LogP contribution >= 0.6 is 0 Å². The highest BCUT2D eigenvalue weighted by molar-refractivity contribution is 5.91. The Kier molecular flexibility index (Phi) is 4.84. The van der Waals surface area contributed by atoms with E-state index in [1.807, 2.05) is 39.0 Å². The van der Waals surface area contributed by atoms with E-state index in [1.54, 1.807) is 19.2 Å². The van der Waals surface area contributed by atoms with E-state index in [2.05, 4.69) is 15.5 Å². The molecular weight excluding hydrogens is 374 g/mol. The first-order valence-corrected chi connectivity index (χ1v) is 9.23. The van der Waals surface area contributed by atoms with Crippen molar-refractivity contribution < 1.29 is 22.9 Å². The molecule has 0 saturated carbocycles. The van der Waals surface area contributed by atoms with Crippen LogP contribution in [-0.4, -0.2) is 23.2 Å². The summed E-state index contributed by atoms with van der Waals surface area (Å²) in [5.41, 5.74) is 1.59. The third-order valence-electron chi connectivity index (χ3n) is 4.75. The largest absolute Gasteiger partial charge is 0.497 e. The average molecular weight is 395 g/mol. The van der Waals surface area contributed by atoms with Crippen molar-refractivity contribution in [3.63, 3.8) is 0 Å². The molecule has 1 unspecified atom stereocenters. The topological polar surface area (TPSA) is 104 Å². The van der Waals surface area contributed by atoms with Gasteiger partial charge in [-0.1, -0.05) is 19.0 Å². The first-order chi connectivity index (χ1) is 14.0. The van der Waals surface area contributed by atoms with E-state index < -0.39 is 6.04 Å². The maximum Gasteiger partial charge on any atom is 0.287 e. The monoisotopic (exact) mass is 395 g/mol. The number of hydrogen-bond acceptors (Lipinski definition) is 7. The number of ether oxygens (including phenoxy) is 1.